The Morgan fingerprint density at radius 2 is 1.70 bits per heavy atom. The predicted octanol–water partition coefficient (Wildman–Crippen LogP) is 5.60. The van der Waals surface area contributed by atoms with Crippen LogP contribution >= 0.6 is 11.6 Å². The molecule has 0 bridgehead atoms. The first kappa shape index (κ1) is 21.1. The third kappa shape index (κ3) is 6.45. The maximum Gasteiger partial charge on any atom is 0.416 e. The second kappa shape index (κ2) is 9.10. The summed E-state index contributed by atoms with van der Waals surface area (Å²) in [5, 5.41) is 3.05. The van der Waals surface area contributed by atoms with Gasteiger partial charge in [-0.2, -0.15) is 13.2 Å². The molecule has 1 N–H and O–H groups in total. The Labute approximate surface area is 160 Å². The number of nitrogens with zero attached hydrogens (tertiary/aromatic N) is 1. The minimum absolute atomic E-state index is 0.0288. The molecule has 0 heterocycles. The number of nitrogens with one attached hydrogen (secondary N) is 1. The zero-order chi connectivity index (χ0) is 20.0. The summed E-state index contributed by atoms with van der Waals surface area (Å²) in [7, 11) is 3.84. The summed E-state index contributed by atoms with van der Waals surface area (Å²) in [6.07, 6.45) is -4.58. The van der Waals surface area contributed by atoms with Gasteiger partial charge in [-0.3, -0.25) is 5.32 Å². The number of alkyl halides is 3. The quantitative estimate of drug-likeness (QED) is 0.686. The molecule has 4 nitrogen and oxygen atoms in total. The topological polar surface area (TPSA) is 41.6 Å². The van der Waals surface area contributed by atoms with Gasteiger partial charge in [-0.05, 0) is 56.1 Å². The molecule has 1 unspecified atom stereocenters. The molecule has 0 aliphatic carbocycles. The van der Waals surface area contributed by atoms with Gasteiger partial charge in [-0.15, -0.1) is 0 Å². The fraction of sp³-hybridized carbons (Fsp3) is 0.316. The van der Waals surface area contributed by atoms with Crippen molar-refractivity contribution in [1.82, 2.24) is 4.90 Å². The molecule has 0 fully saturated rings. The predicted molar refractivity (Wildman–Crippen MR) is 98.9 cm³/mol. The van der Waals surface area contributed by atoms with Gasteiger partial charge in [0, 0.05) is 23.2 Å². The maximum absolute atomic E-state index is 12.5. The van der Waals surface area contributed by atoms with E-state index in [9.17, 15) is 18.0 Å². The highest BCUT2D eigenvalue weighted by atomic mass is 35.5. The van der Waals surface area contributed by atoms with E-state index in [-0.39, 0.29) is 18.3 Å². The molecular formula is C19H20ClF3N2O2. The average molecular weight is 401 g/mol. The van der Waals surface area contributed by atoms with Crippen LogP contribution in [0.4, 0.5) is 23.7 Å². The van der Waals surface area contributed by atoms with E-state index in [0.29, 0.717) is 11.4 Å². The van der Waals surface area contributed by atoms with Crippen molar-refractivity contribution in [2.24, 2.45) is 0 Å². The number of rotatable bonds is 6. The number of halogens is 4. The molecule has 2 rings (SSSR count). The third-order valence-electron chi connectivity index (χ3n) is 3.96. The van der Waals surface area contributed by atoms with E-state index in [1.54, 1.807) is 12.1 Å². The van der Waals surface area contributed by atoms with Gasteiger partial charge < -0.3 is 9.64 Å². The highest BCUT2D eigenvalue weighted by Crippen LogP contribution is 2.30. The van der Waals surface area contributed by atoms with Crippen LogP contribution in [0.3, 0.4) is 0 Å². The van der Waals surface area contributed by atoms with Crippen molar-refractivity contribution in [3.63, 3.8) is 0 Å². The van der Waals surface area contributed by atoms with E-state index >= 15 is 0 Å². The van der Waals surface area contributed by atoms with Crippen LogP contribution in [0.1, 0.15) is 23.6 Å². The minimum Gasteiger partial charge on any atom is -0.449 e. The number of carbonyl (C=O) groups excluding carboxylic acids is 1. The second-order valence-corrected chi connectivity index (χ2v) is 6.59. The summed E-state index contributed by atoms with van der Waals surface area (Å²) >= 11 is 5.90. The van der Waals surface area contributed by atoms with Crippen molar-refractivity contribution in [3.8, 4) is 0 Å². The van der Waals surface area contributed by atoms with Crippen molar-refractivity contribution in [2.75, 3.05) is 26.0 Å². The van der Waals surface area contributed by atoms with Gasteiger partial charge in [0.2, 0.25) is 0 Å². The first-order valence-electron chi connectivity index (χ1n) is 8.20. The number of anilines is 1. The second-order valence-electron chi connectivity index (χ2n) is 6.16. The summed E-state index contributed by atoms with van der Waals surface area (Å²) < 4.78 is 42.7. The van der Waals surface area contributed by atoms with Gasteiger partial charge in [-0.25, -0.2) is 4.79 Å². The van der Waals surface area contributed by atoms with Crippen LogP contribution in [-0.2, 0) is 10.9 Å². The number of carbonyl (C=O) groups is 1. The van der Waals surface area contributed by atoms with Gasteiger partial charge in [0.25, 0.3) is 0 Å². The van der Waals surface area contributed by atoms with Gasteiger partial charge in [-0.1, -0.05) is 23.7 Å². The summed E-state index contributed by atoms with van der Waals surface area (Å²) in [4.78, 5) is 13.8. The zero-order valence-electron chi connectivity index (χ0n) is 14.9. The van der Waals surface area contributed by atoms with Gasteiger partial charge in [0.05, 0.1) is 12.2 Å². The highest BCUT2D eigenvalue weighted by Gasteiger charge is 2.30. The molecule has 0 saturated heterocycles. The molecule has 146 valence electrons. The number of ether oxygens (including phenoxy) is 1. The Balaban J connectivity index is 1.86. The number of amides is 1. The van der Waals surface area contributed by atoms with Crippen LogP contribution in [-0.4, -0.2) is 31.7 Å². The smallest absolute Gasteiger partial charge is 0.416 e. The molecule has 8 heteroatoms. The van der Waals surface area contributed by atoms with Crippen LogP contribution in [0, 0.1) is 0 Å². The summed E-state index contributed by atoms with van der Waals surface area (Å²) in [6.45, 7) is 0.151. The molecule has 1 atom stereocenters. The summed E-state index contributed by atoms with van der Waals surface area (Å²) in [6, 6.07) is 11.6. The molecule has 0 spiro atoms. The Morgan fingerprint density at radius 1 is 1.11 bits per heavy atom. The van der Waals surface area contributed by atoms with Crippen LogP contribution in [0.5, 0.6) is 0 Å². The van der Waals surface area contributed by atoms with E-state index < -0.39 is 17.8 Å². The van der Waals surface area contributed by atoms with Crippen molar-refractivity contribution < 1.29 is 22.7 Å². The Morgan fingerprint density at radius 3 is 2.22 bits per heavy atom. The summed E-state index contributed by atoms with van der Waals surface area (Å²) in [5.74, 6) is 0. The average Bonchev–Trinajstić information content (AvgIpc) is 2.59. The highest BCUT2D eigenvalue weighted by molar-refractivity contribution is 6.30. The van der Waals surface area contributed by atoms with E-state index in [4.69, 9.17) is 16.3 Å². The van der Waals surface area contributed by atoms with E-state index in [1.165, 1.54) is 12.1 Å². The molecular weight excluding hydrogens is 381 g/mol. The van der Waals surface area contributed by atoms with Crippen molar-refractivity contribution >= 4 is 23.4 Å². The fourth-order valence-corrected chi connectivity index (χ4v) is 2.69. The van der Waals surface area contributed by atoms with Crippen LogP contribution in [0.2, 0.25) is 5.02 Å². The lowest BCUT2D eigenvalue weighted by atomic mass is 10.0. The van der Waals surface area contributed by atoms with Crippen molar-refractivity contribution in [1.29, 1.82) is 0 Å². The molecule has 0 aliphatic heterocycles. The monoisotopic (exact) mass is 400 g/mol. The lowest BCUT2D eigenvalue weighted by Crippen LogP contribution is -2.23. The lowest BCUT2D eigenvalue weighted by molar-refractivity contribution is -0.137. The van der Waals surface area contributed by atoms with Gasteiger partial charge in [0.15, 0.2) is 0 Å². The number of hydrogen-bond donors (Lipinski definition) is 1. The van der Waals surface area contributed by atoms with E-state index in [2.05, 4.69) is 5.32 Å². The van der Waals surface area contributed by atoms with Crippen LogP contribution < -0.4 is 5.32 Å². The molecule has 0 aromatic heterocycles. The summed E-state index contributed by atoms with van der Waals surface area (Å²) in [5.41, 5.74) is 0.490. The maximum atomic E-state index is 12.5. The Bertz CT molecular complexity index is 747. The van der Waals surface area contributed by atoms with Gasteiger partial charge >= 0.3 is 12.3 Å². The van der Waals surface area contributed by atoms with Crippen molar-refractivity contribution in [3.05, 3.63) is 64.7 Å². The first-order chi connectivity index (χ1) is 12.7. The van der Waals surface area contributed by atoms with Crippen LogP contribution in [0.25, 0.3) is 0 Å². The molecule has 0 aliphatic rings. The van der Waals surface area contributed by atoms with E-state index in [0.717, 1.165) is 17.7 Å². The molecule has 2 aromatic carbocycles. The van der Waals surface area contributed by atoms with E-state index in [1.807, 2.05) is 31.1 Å². The third-order valence-corrected chi connectivity index (χ3v) is 4.21. The number of benzene rings is 2. The molecule has 0 saturated carbocycles. The molecule has 1 amide bonds. The Kier molecular flexibility index (Phi) is 7.10. The fourth-order valence-electron chi connectivity index (χ4n) is 2.57. The number of hydrogen-bond acceptors (Lipinski definition) is 3. The lowest BCUT2D eigenvalue weighted by Gasteiger charge is -2.24. The zero-order valence-corrected chi connectivity index (χ0v) is 15.6. The first-order valence-corrected chi connectivity index (χ1v) is 8.57. The SMILES string of the molecule is CN(C)C(CCOC(=O)Nc1ccc(C(F)(F)F)cc1)c1ccc(Cl)cc1. The molecule has 2 aromatic rings. The Hall–Kier alpha value is -2.25. The van der Waals surface area contributed by atoms with Crippen molar-refractivity contribution in [2.45, 2.75) is 18.6 Å². The standard InChI is InChI=1S/C19H20ClF3N2O2/c1-25(2)17(13-3-7-15(20)8-4-13)11-12-27-18(26)24-16-9-5-14(6-10-16)19(21,22)23/h3-10,17H,11-12H2,1-2H3,(H,24,26). The molecule has 27 heavy (non-hydrogen) atoms. The molecule has 0 radical (unpaired) electrons. The largest absolute Gasteiger partial charge is 0.449 e. The van der Waals surface area contributed by atoms with Crippen LogP contribution in [0.15, 0.2) is 48.5 Å². The minimum atomic E-state index is -4.41. The normalized spacial score (nSPS) is 12.7. The van der Waals surface area contributed by atoms with Gasteiger partial charge in [0.1, 0.15) is 0 Å².